The standard InChI is InChI=1S/C25H19Cl2NO8/c1-34-19-12-10-18(11-13-19)28-22(29)20(35-24(32)14-2-6-16(26)7-3-14)21(23(30)31)36-25(33)15-4-8-17(27)9-5-15/h2-13,20-21H,1H3,(H,28,29)(H,30,31)/t20-,21-/m1/s1. The van der Waals surface area contributed by atoms with Crippen molar-refractivity contribution in [3.63, 3.8) is 0 Å². The van der Waals surface area contributed by atoms with Gasteiger partial charge in [-0.1, -0.05) is 23.2 Å². The van der Waals surface area contributed by atoms with Gasteiger partial charge in [-0.3, -0.25) is 4.79 Å². The van der Waals surface area contributed by atoms with Crippen LogP contribution in [0.2, 0.25) is 10.0 Å². The summed E-state index contributed by atoms with van der Waals surface area (Å²) in [5.74, 6) is -4.34. The van der Waals surface area contributed by atoms with Gasteiger partial charge in [0.15, 0.2) is 0 Å². The number of methoxy groups -OCH3 is 1. The maximum Gasteiger partial charge on any atom is 0.349 e. The van der Waals surface area contributed by atoms with E-state index >= 15 is 0 Å². The Morgan fingerprint density at radius 1 is 0.722 bits per heavy atom. The molecule has 0 saturated heterocycles. The van der Waals surface area contributed by atoms with Crippen molar-refractivity contribution >= 4 is 52.7 Å². The zero-order chi connectivity index (χ0) is 26.2. The third kappa shape index (κ3) is 6.97. The van der Waals surface area contributed by atoms with E-state index in [2.05, 4.69) is 5.32 Å². The largest absolute Gasteiger partial charge is 0.497 e. The third-order valence-electron chi connectivity index (χ3n) is 4.76. The van der Waals surface area contributed by atoms with E-state index in [0.717, 1.165) is 0 Å². The molecule has 0 aliphatic carbocycles. The van der Waals surface area contributed by atoms with Gasteiger partial charge in [-0.25, -0.2) is 14.4 Å². The maximum absolute atomic E-state index is 13.1. The number of carboxylic acids is 1. The molecule has 0 spiro atoms. The molecule has 186 valence electrons. The molecule has 3 aromatic carbocycles. The molecule has 36 heavy (non-hydrogen) atoms. The molecule has 0 aliphatic heterocycles. The average molecular weight is 532 g/mol. The fraction of sp³-hybridized carbons (Fsp3) is 0.120. The minimum atomic E-state index is -2.18. The number of carboxylic acid groups (broad SMARTS) is 1. The molecular weight excluding hydrogens is 513 g/mol. The zero-order valence-electron chi connectivity index (χ0n) is 18.6. The third-order valence-corrected chi connectivity index (χ3v) is 5.27. The highest BCUT2D eigenvalue weighted by Crippen LogP contribution is 2.19. The molecule has 0 aromatic heterocycles. The second-order valence-corrected chi connectivity index (χ2v) is 8.09. The lowest BCUT2D eigenvalue weighted by molar-refractivity contribution is -0.157. The first-order chi connectivity index (χ1) is 17.2. The van der Waals surface area contributed by atoms with Crippen LogP contribution in [0.5, 0.6) is 5.75 Å². The second-order valence-electron chi connectivity index (χ2n) is 7.22. The van der Waals surface area contributed by atoms with Gasteiger partial charge in [-0.2, -0.15) is 0 Å². The molecule has 0 radical (unpaired) electrons. The monoisotopic (exact) mass is 531 g/mol. The van der Waals surface area contributed by atoms with Gasteiger partial charge in [-0.15, -0.1) is 0 Å². The van der Waals surface area contributed by atoms with Gasteiger partial charge in [0.2, 0.25) is 12.2 Å². The number of aliphatic carboxylic acids is 1. The molecule has 1 amide bonds. The highest BCUT2D eigenvalue weighted by atomic mass is 35.5. The molecule has 0 saturated carbocycles. The van der Waals surface area contributed by atoms with Crippen molar-refractivity contribution in [2.45, 2.75) is 12.2 Å². The summed E-state index contributed by atoms with van der Waals surface area (Å²) in [6.45, 7) is 0. The number of hydrogen-bond donors (Lipinski definition) is 2. The van der Waals surface area contributed by atoms with Crippen LogP contribution in [0.4, 0.5) is 5.69 Å². The summed E-state index contributed by atoms with van der Waals surface area (Å²) in [7, 11) is 1.46. The lowest BCUT2D eigenvalue weighted by Crippen LogP contribution is -2.48. The Bertz CT molecular complexity index is 1240. The number of hydrogen-bond acceptors (Lipinski definition) is 7. The molecule has 0 aliphatic rings. The number of amides is 1. The van der Waals surface area contributed by atoms with Crippen molar-refractivity contribution in [2.24, 2.45) is 0 Å². The van der Waals surface area contributed by atoms with Crippen LogP contribution in [0.1, 0.15) is 20.7 Å². The minimum Gasteiger partial charge on any atom is -0.497 e. The fourth-order valence-corrected chi connectivity index (χ4v) is 3.17. The molecule has 0 fully saturated rings. The van der Waals surface area contributed by atoms with E-state index in [9.17, 15) is 24.3 Å². The van der Waals surface area contributed by atoms with Crippen molar-refractivity contribution in [1.82, 2.24) is 0 Å². The number of benzene rings is 3. The Hall–Kier alpha value is -4.08. The van der Waals surface area contributed by atoms with Gasteiger partial charge < -0.3 is 24.6 Å². The molecule has 2 atom stereocenters. The van der Waals surface area contributed by atoms with Crippen LogP contribution in [-0.4, -0.2) is 48.2 Å². The van der Waals surface area contributed by atoms with E-state index in [1.54, 1.807) is 12.1 Å². The molecule has 0 unspecified atom stereocenters. The van der Waals surface area contributed by atoms with Crippen LogP contribution in [0.15, 0.2) is 72.8 Å². The van der Waals surface area contributed by atoms with E-state index in [1.165, 1.54) is 67.8 Å². The van der Waals surface area contributed by atoms with Gasteiger partial charge in [0.1, 0.15) is 5.75 Å². The van der Waals surface area contributed by atoms with Crippen molar-refractivity contribution in [3.8, 4) is 5.75 Å². The minimum absolute atomic E-state index is 0.00480. The van der Waals surface area contributed by atoms with Gasteiger partial charge >= 0.3 is 17.9 Å². The van der Waals surface area contributed by atoms with Crippen LogP contribution in [0, 0.1) is 0 Å². The lowest BCUT2D eigenvalue weighted by Gasteiger charge is -2.23. The van der Waals surface area contributed by atoms with Crippen molar-refractivity contribution in [1.29, 1.82) is 0 Å². The van der Waals surface area contributed by atoms with E-state index in [-0.39, 0.29) is 16.8 Å². The normalized spacial score (nSPS) is 12.1. The summed E-state index contributed by atoms with van der Waals surface area (Å²) >= 11 is 11.6. The molecule has 3 rings (SSSR count). The first kappa shape index (κ1) is 26.5. The molecule has 2 N–H and O–H groups in total. The van der Waals surface area contributed by atoms with Gasteiger partial charge in [0.05, 0.1) is 18.2 Å². The van der Waals surface area contributed by atoms with E-state index in [4.69, 9.17) is 37.4 Å². The highest BCUT2D eigenvalue weighted by molar-refractivity contribution is 6.31. The van der Waals surface area contributed by atoms with E-state index < -0.39 is 36.0 Å². The Morgan fingerprint density at radius 3 is 1.58 bits per heavy atom. The van der Waals surface area contributed by atoms with Gasteiger partial charge in [0, 0.05) is 15.7 Å². The number of carbonyl (C=O) groups excluding carboxylic acids is 3. The highest BCUT2D eigenvalue weighted by Gasteiger charge is 2.41. The number of halogens is 2. The number of anilines is 1. The van der Waals surface area contributed by atoms with Gasteiger partial charge in [-0.05, 0) is 72.8 Å². The Labute approximate surface area is 215 Å². The van der Waals surface area contributed by atoms with E-state index in [1.807, 2.05) is 0 Å². The lowest BCUT2D eigenvalue weighted by atomic mass is 10.1. The van der Waals surface area contributed by atoms with Crippen LogP contribution in [-0.2, 0) is 19.1 Å². The first-order valence-electron chi connectivity index (χ1n) is 10.3. The average Bonchev–Trinajstić information content (AvgIpc) is 2.87. The topological polar surface area (TPSA) is 128 Å². The number of ether oxygens (including phenoxy) is 3. The SMILES string of the molecule is COc1ccc(NC(=O)[C@H](OC(=O)c2ccc(Cl)cc2)[C@@H](OC(=O)c2ccc(Cl)cc2)C(=O)O)cc1. The summed E-state index contributed by atoms with van der Waals surface area (Å²) in [5.41, 5.74) is 0.223. The number of nitrogens with one attached hydrogen (secondary N) is 1. The molecule has 0 heterocycles. The van der Waals surface area contributed by atoms with Crippen LogP contribution in [0.25, 0.3) is 0 Å². The van der Waals surface area contributed by atoms with E-state index in [0.29, 0.717) is 15.8 Å². The molecule has 11 heteroatoms. The molecular formula is C25H19Cl2NO8. The second kappa shape index (κ2) is 12.1. The van der Waals surface area contributed by atoms with Crippen LogP contribution >= 0.6 is 23.2 Å². The summed E-state index contributed by atoms with van der Waals surface area (Å²) in [4.78, 5) is 50.5. The summed E-state index contributed by atoms with van der Waals surface area (Å²) in [5, 5.41) is 12.9. The maximum atomic E-state index is 13.1. The first-order valence-corrected chi connectivity index (χ1v) is 11.0. The molecule has 9 nitrogen and oxygen atoms in total. The number of rotatable bonds is 9. The van der Waals surface area contributed by atoms with Crippen molar-refractivity contribution in [2.75, 3.05) is 12.4 Å². The summed E-state index contributed by atoms with van der Waals surface area (Å²) in [6, 6.07) is 17.0. The predicted molar refractivity (Wildman–Crippen MR) is 131 cm³/mol. The number of esters is 2. The van der Waals surface area contributed by atoms with Crippen molar-refractivity contribution in [3.05, 3.63) is 94.0 Å². The van der Waals surface area contributed by atoms with Crippen LogP contribution < -0.4 is 10.1 Å². The quantitative estimate of drug-likeness (QED) is 0.387. The summed E-state index contributed by atoms with van der Waals surface area (Å²) < 4.78 is 15.4. The number of carbonyl (C=O) groups is 4. The zero-order valence-corrected chi connectivity index (χ0v) is 20.2. The fourth-order valence-electron chi connectivity index (χ4n) is 2.92. The van der Waals surface area contributed by atoms with Gasteiger partial charge in [0.25, 0.3) is 5.91 Å². The van der Waals surface area contributed by atoms with Crippen molar-refractivity contribution < 1.29 is 38.5 Å². The smallest absolute Gasteiger partial charge is 0.349 e. The Morgan fingerprint density at radius 2 is 1.17 bits per heavy atom. The Kier molecular flexibility index (Phi) is 8.88. The Balaban J connectivity index is 1.89. The molecule has 3 aromatic rings. The summed E-state index contributed by atoms with van der Waals surface area (Å²) in [6.07, 6.45) is -4.23. The van der Waals surface area contributed by atoms with Crippen LogP contribution in [0.3, 0.4) is 0 Å². The molecule has 0 bridgehead atoms. The predicted octanol–water partition coefficient (Wildman–Crippen LogP) is 4.48.